The molecule has 2 rings (SSSR count). The molecule has 1 heterocycles. The minimum atomic E-state index is -0.119. The Kier molecular flexibility index (Phi) is 4.71. The maximum Gasteiger partial charge on any atom is 0.238 e. The standard InChI is InChI=1S/C16H23ClN2O/c1-11(12-5-7-13(17)8-6-12)19-15(20)14-16(2,3)9-4-10-18-14/h5-8,11,14,18H,4,9-10H2,1-3H3,(H,19,20). The Hall–Kier alpha value is -1.06. The zero-order valence-electron chi connectivity index (χ0n) is 12.4. The SMILES string of the molecule is CC(NC(=O)C1NCCCC1(C)C)c1ccc(Cl)cc1. The van der Waals surface area contributed by atoms with E-state index in [0.29, 0.717) is 5.02 Å². The van der Waals surface area contributed by atoms with Gasteiger partial charge in [0, 0.05) is 5.02 Å². The molecule has 0 aromatic heterocycles. The molecule has 2 N–H and O–H groups in total. The van der Waals surface area contributed by atoms with E-state index in [9.17, 15) is 4.79 Å². The lowest BCUT2D eigenvalue weighted by molar-refractivity contribution is -0.127. The van der Waals surface area contributed by atoms with Crippen LogP contribution in [0.2, 0.25) is 5.02 Å². The molecule has 2 atom stereocenters. The predicted octanol–water partition coefficient (Wildman–Crippen LogP) is 3.30. The summed E-state index contributed by atoms with van der Waals surface area (Å²) in [5, 5.41) is 7.15. The van der Waals surface area contributed by atoms with Crippen LogP contribution in [0, 0.1) is 5.41 Å². The van der Waals surface area contributed by atoms with Gasteiger partial charge in [-0.15, -0.1) is 0 Å². The maximum atomic E-state index is 12.5. The first kappa shape index (κ1) is 15.3. The highest BCUT2D eigenvalue weighted by Crippen LogP contribution is 2.30. The molecule has 0 saturated carbocycles. The quantitative estimate of drug-likeness (QED) is 0.898. The van der Waals surface area contributed by atoms with E-state index in [0.717, 1.165) is 24.9 Å². The lowest BCUT2D eigenvalue weighted by Crippen LogP contribution is -2.55. The fraction of sp³-hybridized carbons (Fsp3) is 0.562. The van der Waals surface area contributed by atoms with Crippen LogP contribution in [0.4, 0.5) is 0 Å². The predicted molar refractivity (Wildman–Crippen MR) is 82.8 cm³/mol. The number of carbonyl (C=O) groups is 1. The smallest absolute Gasteiger partial charge is 0.238 e. The summed E-state index contributed by atoms with van der Waals surface area (Å²) in [7, 11) is 0. The summed E-state index contributed by atoms with van der Waals surface area (Å²) in [4.78, 5) is 12.5. The summed E-state index contributed by atoms with van der Waals surface area (Å²) in [5.74, 6) is 0.0807. The van der Waals surface area contributed by atoms with Gasteiger partial charge in [0.15, 0.2) is 0 Å². The monoisotopic (exact) mass is 294 g/mol. The second-order valence-corrected chi connectivity index (χ2v) is 6.70. The van der Waals surface area contributed by atoms with Crippen LogP contribution in [0.1, 0.15) is 45.2 Å². The second-order valence-electron chi connectivity index (χ2n) is 6.26. The highest BCUT2D eigenvalue weighted by molar-refractivity contribution is 6.30. The Morgan fingerprint density at radius 3 is 2.65 bits per heavy atom. The van der Waals surface area contributed by atoms with Crippen molar-refractivity contribution in [2.24, 2.45) is 5.41 Å². The summed E-state index contributed by atoms with van der Waals surface area (Å²) >= 11 is 5.88. The van der Waals surface area contributed by atoms with Crippen LogP contribution >= 0.6 is 11.6 Å². The van der Waals surface area contributed by atoms with Crippen molar-refractivity contribution in [3.05, 3.63) is 34.9 Å². The Labute approximate surface area is 126 Å². The molecule has 0 radical (unpaired) electrons. The van der Waals surface area contributed by atoms with Crippen molar-refractivity contribution < 1.29 is 4.79 Å². The molecule has 1 aliphatic rings. The molecular formula is C16H23ClN2O. The average Bonchev–Trinajstić information content (AvgIpc) is 2.38. The third-order valence-electron chi connectivity index (χ3n) is 4.12. The molecule has 1 fully saturated rings. The largest absolute Gasteiger partial charge is 0.348 e. The number of halogens is 1. The van der Waals surface area contributed by atoms with Crippen molar-refractivity contribution in [2.75, 3.05) is 6.54 Å². The van der Waals surface area contributed by atoms with Crippen molar-refractivity contribution in [1.29, 1.82) is 0 Å². The van der Waals surface area contributed by atoms with Gasteiger partial charge < -0.3 is 10.6 Å². The van der Waals surface area contributed by atoms with Crippen LogP contribution in [0.3, 0.4) is 0 Å². The van der Waals surface area contributed by atoms with Gasteiger partial charge in [-0.3, -0.25) is 4.79 Å². The van der Waals surface area contributed by atoms with Crippen LogP contribution in [-0.4, -0.2) is 18.5 Å². The van der Waals surface area contributed by atoms with Crippen LogP contribution in [0.25, 0.3) is 0 Å². The normalized spacial score (nSPS) is 23.1. The van der Waals surface area contributed by atoms with Gasteiger partial charge in [0.1, 0.15) is 0 Å². The zero-order valence-corrected chi connectivity index (χ0v) is 13.1. The third kappa shape index (κ3) is 3.53. The van der Waals surface area contributed by atoms with Gasteiger partial charge in [-0.2, -0.15) is 0 Å². The molecule has 1 aliphatic heterocycles. The van der Waals surface area contributed by atoms with E-state index in [-0.39, 0.29) is 23.4 Å². The van der Waals surface area contributed by atoms with E-state index >= 15 is 0 Å². The summed E-state index contributed by atoms with van der Waals surface area (Å²) in [6.07, 6.45) is 2.21. The average molecular weight is 295 g/mol. The Morgan fingerprint density at radius 1 is 1.40 bits per heavy atom. The number of rotatable bonds is 3. The van der Waals surface area contributed by atoms with Gasteiger partial charge in [0.2, 0.25) is 5.91 Å². The number of hydrogen-bond acceptors (Lipinski definition) is 2. The van der Waals surface area contributed by atoms with E-state index in [2.05, 4.69) is 24.5 Å². The van der Waals surface area contributed by atoms with Crippen molar-refractivity contribution in [3.63, 3.8) is 0 Å². The van der Waals surface area contributed by atoms with Crippen LogP contribution in [0.15, 0.2) is 24.3 Å². The van der Waals surface area contributed by atoms with Gasteiger partial charge >= 0.3 is 0 Å². The molecule has 110 valence electrons. The topological polar surface area (TPSA) is 41.1 Å². The first-order valence-corrected chi connectivity index (χ1v) is 7.57. The fourth-order valence-electron chi connectivity index (χ4n) is 2.79. The lowest BCUT2D eigenvalue weighted by Gasteiger charge is -2.38. The number of piperidine rings is 1. The number of hydrogen-bond donors (Lipinski definition) is 2. The molecule has 0 spiro atoms. The van der Waals surface area contributed by atoms with E-state index < -0.39 is 0 Å². The molecule has 3 nitrogen and oxygen atoms in total. The van der Waals surface area contributed by atoms with Crippen LogP contribution < -0.4 is 10.6 Å². The van der Waals surface area contributed by atoms with Gasteiger partial charge in [0.25, 0.3) is 0 Å². The van der Waals surface area contributed by atoms with Crippen LogP contribution in [-0.2, 0) is 4.79 Å². The molecular weight excluding hydrogens is 272 g/mol. The molecule has 20 heavy (non-hydrogen) atoms. The second kappa shape index (κ2) is 6.15. The Balaban J connectivity index is 2.01. The molecule has 1 aromatic carbocycles. The fourth-order valence-corrected chi connectivity index (χ4v) is 2.92. The molecule has 1 saturated heterocycles. The van der Waals surface area contributed by atoms with Crippen molar-refractivity contribution in [1.82, 2.24) is 10.6 Å². The van der Waals surface area contributed by atoms with E-state index in [1.165, 1.54) is 0 Å². The number of nitrogens with one attached hydrogen (secondary N) is 2. The molecule has 4 heteroatoms. The molecule has 2 unspecified atom stereocenters. The highest BCUT2D eigenvalue weighted by atomic mass is 35.5. The van der Waals surface area contributed by atoms with E-state index in [1.807, 2.05) is 31.2 Å². The van der Waals surface area contributed by atoms with Gasteiger partial charge in [-0.25, -0.2) is 0 Å². The first-order chi connectivity index (χ1) is 9.40. The number of carbonyl (C=O) groups excluding carboxylic acids is 1. The Morgan fingerprint density at radius 2 is 2.05 bits per heavy atom. The minimum Gasteiger partial charge on any atom is -0.348 e. The van der Waals surface area contributed by atoms with E-state index in [4.69, 9.17) is 11.6 Å². The maximum absolute atomic E-state index is 12.5. The number of benzene rings is 1. The Bertz CT molecular complexity index is 470. The van der Waals surface area contributed by atoms with Gasteiger partial charge in [0.05, 0.1) is 12.1 Å². The molecule has 0 aliphatic carbocycles. The van der Waals surface area contributed by atoms with E-state index in [1.54, 1.807) is 0 Å². The first-order valence-electron chi connectivity index (χ1n) is 7.19. The summed E-state index contributed by atoms with van der Waals surface area (Å²) in [6, 6.07) is 7.47. The summed E-state index contributed by atoms with van der Waals surface area (Å²) < 4.78 is 0. The van der Waals surface area contributed by atoms with Gasteiger partial charge in [-0.05, 0) is 49.4 Å². The highest BCUT2D eigenvalue weighted by Gasteiger charge is 2.37. The summed E-state index contributed by atoms with van der Waals surface area (Å²) in [6.45, 7) is 7.21. The third-order valence-corrected chi connectivity index (χ3v) is 4.37. The van der Waals surface area contributed by atoms with Crippen molar-refractivity contribution in [2.45, 2.75) is 45.7 Å². The summed E-state index contributed by atoms with van der Waals surface area (Å²) in [5.41, 5.74) is 1.07. The van der Waals surface area contributed by atoms with Crippen molar-refractivity contribution in [3.8, 4) is 0 Å². The molecule has 1 amide bonds. The van der Waals surface area contributed by atoms with Crippen LogP contribution in [0.5, 0.6) is 0 Å². The molecule has 0 bridgehead atoms. The molecule has 1 aromatic rings. The zero-order chi connectivity index (χ0) is 14.8. The van der Waals surface area contributed by atoms with Crippen molar-refractivity contribution >= 4 is 17.5 Å². The lowest BCUT2D eigenvalue weighted by atomic mass is 9.77. The minimum absolute atomic E-state index is 0.00203. The number of amides is 1. The van der Waals surface area contributed by atoms with Gasteiger partial charge in [-0.1, -0.05) is 37.6 Å².